The van der Waals surface area contributed by atoms with Crippen molar-refractivity contribution >= 4 is 79.4 Å². The molecule has 0 spiro atoms. The van der Waals surface area contributed by atoms with Crippen LogP contribution in [0.5, 0.6) is 11.5 Å². The van der Waals surface area contributed by atoms with E-state index in [2.05, 4.69) is 26.1 Å². The number of halogens is 1. The molecule has 0 atom stereocenters. The number of methoxy groups -OCH3 is 2. The third kappa shape index (κ3) is 5.45. The van der Waals surface area contributed by atoms with Crippen molar-refractivity contribution in [2.45, 2.75) is 0 Å². The number of hydrazine groups is 1. The van der Waals surface area contributed by atoms with Crippen molar-refractivity contribution in [3.63, 3.8) is 0 Å². The molecule has 12 heteroatoms. The van der Waals surface area contributed by atoms with Crippen molar-refractivity contribution in [1.82, 2.24) is 10.4 Å². The summed E-state index contributed by atoms with van der Waals surface area (Å²) in [5, 5.41) is 2.81. The monoisotopic (exact) mass is 542 g/mol. The fourth-order valence-electron chi connectivity index (χ4n) is 2.40. The summed E-state index contributed by atoms with van der Waals surface area (Å²) in [6, 6.07) is 6.66. The minimum Gasteiger partial charge on any atom is -0.493 e. The Hall–Kier alpha value is -2.41. The van der Waals surface area contributed by atoms with Crippen LogP contribution in [0.1, 0.15) is 15.2 Å². The number of amides is 2. The fourth-order valence-corrected chi connectivity index (χ4v) is 4.62. The Bertz CT molecular complexity index is 1070. The topological polar surface area (TPSA) is 94.2 Å². The first-order valence-corrected chi connectivity index (χ1v) is 11.4. The Morgan fingerprint density at radius 1 is 1.29 bits per heavy atom. The molecular formula is C19H15BrN2O6S3. The van der Waals surface area contributed by atoms with Crippen molar-refractivity contribution in [3.8, 4) is 11.5 Å². The van der Waals surface area contributed by atoms with Gasteiger partial charge in [-0.3, -0.25) is 15.0 Å². The summed E-state index contributed by atoms with van der Waals surface area (Å²) in [5.74, 6) is -0.706. The SMILES string of the molecule is COC(=O)COc1cc(Br)c(/C=C2/SC(=S)N(NC(=O)c3cccs3)C2=O)cc1OC. The lowest BCUT2D eigenvalue weighted by atomic mass is 10.2. The van der Waals surface area contributed by atoms with Crippen LogP contribution in [-0.4, -0.2) is 47.9 Å². The molecule has 2 aromatic rings. The van der Waals surface area contributed by atoms with Crippen LogP contribution in [0, 0.1) is 0 Å². The Morgan fingerprint density at radius 3 is 2.71 bits per heavy atom. The largest absolute Gasteiger partial charge is 0.493 e. The molecule has 3 rings (SSSR count). The summed E-state index contributed by atoms with van der Waals surface area (Å²) in [7, 11) is 2.72. The molecule has 31 heavy (non-hydrogen) atoms. The molecule has 1 aliphatic heterocycles. The number of thiophene rings is 1. The van der Waals surface area contributed by atoms with E-state index >= 15 is 0 Å². The van der Waals surface area contributed by atoms with Gasteiger partial charge in [0.1, 0.15) is 0 Å². The first-order valence-electron chi connectivity index (χ1n) is 8.53. The normalized spacial score (nSPS) is 14.7. The van der Waals surface area contributed by atoms with Gasteiger partial charge in [0.05, 0.1) is 24.0 Å². The molecular weight excluding hydrogens is 528 g/mol. The first kappa shape index (κ1) is 23.3. The molecule has 1 aromatic carbocycles. The predicted molar refractivity (Wildman–Crippen MR) is 125 cm³/mol. The van der Waals surface area contributed by atoms with Crippen LogP contribution in [0.2, 0.25) is 0 Å². The fraction of sp³-hybridized carbons (Fsp3) is 0.158. The van der Waals surface area contributed by atoms with Crippen molar-refractivity contribution in [2.75, 3.05) is 20.8 Å². The summed E-state index contributed by atoms with van der Waals surface area (Å²) >= 11 is 11.0. The molecule has 0 unspecified atom stereocenters. The molecule has 1 aromatic heterocycles. The minimum absolute atomic E-state index is 0.210. The number of rotatable bonds is 7. The van der Waals surface area contributed by atoms with E-state index in [1.54, 1.807) is 35.7 Å². The highest BCUT2D eigenvalue weighted by Crippen LogP contribution is 2.37. The van der Waals surface area contributed by atoms with Gasteiger partial charge in [-0.15, -0.1) is 11.3 Å². The molecule has 1 saturated heterocycles. The van der Waals surface area contributed by atoms with Crippen LogP contribution >= 0.6 is 51.2 Å². The van der Waals surface area contributed by atoms with E-state index in [0.29, 0.717) is 31.3 Å². The maximum Gasteiger partial charge on any atom is 0.343 e. The zero-order valence-corrected chi connectivity index (χ0v) is 20.2. The summed E-state index contributed by atoms with van der Waals surface area (Å²) < 4.78 is 16.1. The zero-order valence-electron chi connectivity index (χ0n) is 16.2. The van der Waals surface area contributed by atoms with Gasteiger partial charge < -0.3 is 14.2 Å². The molecule has 8 nitrogen and oxygen atoms in total. The number of ether oxygens (including phenoxy) is 3. The number of hydrogen-bond donors (Lipinski definition) is 1. The molecule has 0 radical (unpaired) electrons. The third-order valence-electron chi connectivity index (χ3n) is 3.89. The molecule has 0 aliphatic carbocycles. The predicted octanol–water partition coefficient (Wildman–Crippen LogP) is 3.62. The summed E-state index contributed by atoms with van der Waals surface area (Å²) in [5.41, 5.74) is 3.15. The summed E-state index contributed by atoms with van der Waals surface area (Å²) in [4.78, 5) is 37.2. The van der Waals surface area contributed by atoms with E-state index in [0.717, 1.165) is 16.8 Å². The Morgan fingerprint density at radius 2 is 2.06 bits per heavy atom. The Kier molecular flexibility index (Phi) is 7.70. The van der Waals surface area contributed by atoms with Gasteiger partial charge in [-0.05, 0) is 47.4 Å². The van der Waals surface area contributed by atoms with Gasteiger partial charge in [-0.2, -0.15) is 5.01 Å². The molecule has 1 fully saturated rings. The van der Waals surface area contributed by atoms with E-state index in [9.17, 15) is 14.4 Å². The lowest BCUT2D eigenvalue weighted by Gasteiger charge is -2.14. The number of esters is 1. The van der Waals surface area contributed by atoms with E-state index in [1.807, 2.05) is 0 Å². The second-order valence-electron chi connectivity index (χ2n) is 5.82. The summed E-state index contributed by atoms with van der Waals surface area (Å²) in [6.07, 6.45) is 1.62. The number of nitrogens with one attached hydrogen (secondary N) is 1. The number of carbonyl (C=O) groups is 3. The van der Waals surface area contributed by atoms with Crippen molar-refractivity contribution in [2.24, 2.45) is 0 Å². The van der Waals surface area contributed by atoms with Gasteiger partial charge in [-0.1, -0.05) is 33.8 Å². The van der Waals surface area contributed by atoms with Crippen molar-refractivity contribution in [1.29, 1.82) is 0 Å². The lowest BCUT2D eigenvalue weighted by Crippen LogP contribution is -2.44. The Labute approximate surface area is 199 Å². The third-order valence-corrected chi connectivity index (χ3v) is 6.75. The Balaban J connectivity index is 1.80. The molecule has 1 N–H and O–H groups in total. The van der Waals surface area contributed by atoms with Crippen LogP contribution in [0.25, 0.3) is 6.08 Å². The lowest BCUT2D eigenvalue weighted by molar-refractivity contribution is -0.142. The van der Waals surface area contributed by atoms with Crippen LogP contribution in [0.15, 0.2) is 39.0 Å². The van der Waals surface area contributed by atoms with Gasteiger partial charge in [0, 0.05) is 4.47 Å². The molecule has 2 heterocycles. The van der Waals surface area contributed by atoms with E-state index in [4.69, 9.17) is 21.7 Å². The minimum atomic E-state index is -0.532. The average Bonchev–Trinajstić information content (AvgIpc) is 3.38. The first-order chi connectivity index (χ1) is 14.8. The molecule has 2 amide bonds. The van der Waals surface area contributed by atoms with Gasteiger partial charge in [0.2, 0.25) is 0 Å². The number of hydrogen-bond acceptors (Lipinski definition) is 9. The highest BCUT2D eigenvalue weighted by atomic mass is 79.9. The van der Waals surface area contributed by atoms with E-state index < -0.39 is 17.8 Å². The number of carbonyl (C=O) groups excluding carboxylic acids is 3. The van der Waals surface area contributed by atoms with E-state index in [-0.39, 0.29) is 10.9 Å². The molecule has 0 saturated carbocycles. The van der Waals surface area contributed by atoms with Gasteiger partial charge in [0.15, 0.2) is 22.4 Å². The highest BCUT2D eigenvalue weighted by Gasteiger charge is 2.34. The van der Waals surface area contributed by atoms with Gasteiger partial charge in [0.25, 0.3) is 11.8 Å². The molecule has 1 aliphatic rings. The smallest absolute Gasteiger partial charge is 0.343 e. The zero-order chi connectivity index (χ0) is 22.5. The number of thioether (sulfide) groups is 1. The van der Waals surface area contributed by atoms with Crippen molar-refractivity contribution < 1.29 is 28.6 Å². The van der Waals surface area contributed by atoms with Crippen LogP contribution in [0.3, 0.4) is 0 Å². The van der Waals surface area contributed by atoms with Crippen LogP contribution < -0.4 is 14.9 Å². The second-order valence-corrected chi connectivity index (χ2v) is 9.30. The maximum atomic E-state index is 12.8. The standard InChI is InChI=1S/C19H15BrN2O6S3/c1-26-12-6-10(11(20)8-13(12)28-9-16(23)27-2)7-15-18(25)22(19(29)31-15)21-17(24)14-4-3-5-30-14/h3-8H,9H2,1-2H3,(H,21,24)/b15-7+. The highest BCUT2D eigenvalue weighted by molar-refractivity contribution is 9.10. The van der Waals surface area contributed by atoms with Gasteiger partial charge >= 0.3 is 5.97 Å². The van der Waals surface area contributed by atoms with Crippen LogP contribution in [0.4, 0.5) is 0 Å². The van der Waals surface area contributed by atoms with Crippen molar-refractivity contribution in [3.05, 3.63) is 49.5 Å². The number of benzene rings is 1. The van der Waals surface area contributed by atoms with Gasteiger partial charge in [-0.25, -0.2) is 4.79 Å². The quantitative estimate of drug-likeness (QED) is 0.322. The average molecular weight is 543 g/mol. The maximum absolute atomic E-state index is 12.8. The van der Waals surface area contributed by atoms with Crippen LogP contribution in [-0.2, 0) is 14.3 Å². The number of thiocarbonyl (C=S) groups is 1. The van der Waals surface area contributed by atoms with E-state index in [1.165, 1.54) is 25.6 Å². The molecule has 162 valence electrons. The number of nitrogens with zero attached hydrogens (tertiary/aromatic N) is 1. The second kappa shape index (κ2) is 10.3. The molecule has 0 bridgehead atoms. The summed E-state index contributed by atoms with van der Waals surface area (Å²) in [6.45, 7) is -0.277.